The SMILES string of the molecule is Cc1cc(C#N)c2c(c1)OCC[C@@H]2N. The van der Waals surface area contributed by atoms with Crippen LogP contribution in [0.25, 0.3) is 0 Å². The van der Waals surface area contributed by atoms with Crippen LogP contribution in [-0.4, -0.2) is 6.61 Å². The van der Waals surface area contributed by atoms with Gasteiger partial charge in [0.15, 0.2) is 0 Å². The minimum Gasteiger partial charge on any atom is -0.493 e. The Balaban J connectivity index is 2.63. The Labute approximate surface area is 83.1 Å². The second kappa shape index (κ2) is 3.32. The lowest BCUT2D eigenvalue weighted by Gasteiger charge is -2.24. The molecule has 1 atom stereocenters. The number of rotatable bonds is 0. The second-order valence-corrected chi connectivity index (χ2v) is 3.58. The van der Waals surface area contributed by atoms with E-state index in [0.717, 1.165) is 23.3 Å². The van der Waals surface area contributed by atoms with E-state index in [4.69, 9.17) is 15.7 Å². The number of aryl methyl sites for hydroxylation is 1. The van der Waals surface area contributed by atoms with Crippen molar-refractivity contribution in [3.05, 3.63) is 28.8 Å². The van der Waals surface area contributed by atoms with Gasteiger partial charge in [0.2, 0.25) is 0 Å². The third-order valence-electron chi connectivity index (χ3n) is 2.46. The molecular weight excluding hydrogens is 176 g/mol. The summed E-state index contributed by atoms with van der Waals surface area (Å²) in [5, 5.41) is 8.97. The van der Waals surface area contributed by atoms with E-state index in [1.165, 1.54) is 0 Å². The number of nitrogens with zero attached hydrogens (tertiary/aromatic N) is 1. The van der Waals surface area contributed by atoms with Crippen LogP contribution in [0, 0.1) is 18.3 Å². The van der Waals surface area contributed by atoms with Gasteiger partial charge in [0.1, 0.15) is 5.75 Å². The topological polar surface area (TPSA) is 59.0 Å². The molecule has 0 fully saturated rings. The molecule has 14 heavy (non-hydrogen) atoms. The molecule has 1 aliphatic heterocycles. The minimum absolute atomic E-state index is 0.0611. The van der Waals surface area contributed by atoms with Gasteiger partial charge < -0.3 is 10.5 Å². The summed E-state index contributed by atoms with van der Waals surface area (Å²) in [7, 11) is 0. The highest BCUT2D eigenvalue weighted by Crippen LogP contribution is 2.34. The molecule has 1 aromatic carbocycles. The Morgan fingerprint density at radius 2 is 2.36 bits per heavy atom. The molecule has 3 nitrogen and oxygen atoms in total. The first kappa shape index (κ1) is 9.04. The molecule has 0 radical (unpaired) electrons. The van der Waals surface area contributed by atoms with Gasteiger partial charge in [-0.2, -0.15) is 5.26 Å². The molecule has 0 spiro atoms. The Hall–Kier alpha value is -1.53. The second-order valence-electron chi connectivity index (χ2n) is 3.58. The van der Waals surface area contributed by atoms with Crippen LogP contribution in [0.1, 0.15) is 29.2 Å². The zero-order valence-electron chi connectivity index (χ0n) is 8.08. The number of benzene rings is 1. The number of ether oxygens (including phenoxy) is 1. The number of nitrogens with two attached hydrogens (primary N) is 1. The maximum Gasteiger partial charge on any atom is 0.125 e. The molecule has 0 amide bonds. The van der Waals surface area contributed by atoms with Crippen LogP contribution in [0.4, 0.5) is 0 Å². The lowest BCUT2D eigenvalue weighted by Crippen LogP contribution is -2.21. The Bertz CT molecular complexity index is 406. The van der Waals surface area contributed by atoms with Gasteiger partial charge in [-0.1, -0.05) is 0 Å². The first-order valence-electron chi connectivity index (χ1n) is 4.65. The van der Waals surface area contributed by atoms with Crippen LogP contribution >= 0.6 is 0 Å². The van der Waals surface area contributed by atoms with E-state index >= 15 is 0 Å². The average molecular weight is 188 g/mol. The fourth-order valence-corrected chi connectivity index (χ4v) is 1.80. The third kappa shape index (κ3) is 1.34. The third-order valence-corrected chi connectivity index (χ3v) is 2.46. The van der Waals surface area contributed by atoms with Crippen LogP contribution in [-0.2, 0) is 0 Å². The van der Waals surface area contributed by atoms with Crippen molar-refractivity contribution in [1.29, 1.82) is 5.26 Å². The highest BCUT2D eigenvalue weighted by molar-refractivity contribution is 5.51. The van der Waals surface area contributed by atoms with Gasteiger partial charge in [0, 0.05) is 18.0 Å². The summed E-state index contributed by atoms with van der Waals surface area (Å²) in [5.74, 6) is 0.778. The molecule has 1 heterocycles. The van der Waals surface area contributed by atoms with Crippen molar-refractivity contribution in [3.63, 3.8) is 0 Å². The van der Waals surface area contributed by atoms with Crippen molar-refractivity contribution in [2.75, 3.05) is 6.61 Å². The van der Waals surface area contributed by atoms with Gasteiger partial charge in [-0.3, -0.25) is 0 Å². The molecule has 0 bridgehead atoms. The molecule has 2 N–H and O–H groups in total. The van der Waals surface area contributed by atoms with E-state index in [0.29, 0.717) is 12.2 Å². The monoisotopic (exact) mass is 188 g/mol. The summed E-state index contributed by atoms with van der Waals surface area (Å²) >= 11 is 0. The normalized spacial score (nSPS) is 19.4. The molecule has 72 valence electrons. The largest absolute Gasteiger partial charge is 0.493 e. The fourth-order valence-electron chi connectivity index (χ4n) is 1.80. The van der Waals surface area contributed by atoms with Crippen LogP contribution in [0.15, 0.2) is 12.1 Å². The summed E-state index contributed by atoms with van der Waals surface area (Å²) in [4.78, 5) is 0. The maximum absolute atomic E-state index is 8.97. The predicted octanol–water partition coefficient (Wildman–Crippen LogP) is 1.65. The number of nitriles is 1. The summed E-state index contributed by atoms with van der Waals surface area (Å²) in [6.45, 7) is 2.59. The van der Waals surface area contributed by atoms with Crippen molar-refractivity contribution < 1.29 is 4.74 Å². The standard InChI is InChI=1S/C11H12N2O/c1-7-4-8(6-12)11-9(13)2-3-14-10(11)5-7/h4-5,9H,2-3,13H2,1H3/t9-/m0/s1. The maximum atomic E-state index is 8.97. The molecule has 0 aromatic heterocycles. The molecular formula is C11H12N2O. The molecule has 3 heteroatoms. The van der Waals surface area contributed by atoms with Gasteiger partial charge in [0.25, 0.3) is 0 Å². The van der Waals surface area contributed by atoms with E-state index in [9.17, 15) is 0 Å². The van der Waals surface area contributed by atoms with E-state index < -0.39 is 0 Å². The van der Waals surface area contributed by atoms with Crippen molar-refractivity contribution in [2.24, 2.45) is 5.73 Å². The molecule has 0 unspecified atom stereocenters. The highest BCUT2D eigenvalue weighted by Gasteiger charge is 2.21. The van der Waals surface area contributed by atoms with Crippen molar-refractivity contribution in [3.8, 4) is 11.8 Å². The molecule has 1 aromatic rings. The van der Waals surface area contributed by atoms with E-state index in [-0.39, 0.29) is 6.04 Å². The zero-order chi connectivity index (χ0) is 10.1. The van der Waals surface area contributed by atoms with Crippen LogP contribution in [0.3, 0.4) is 0 Å². The summed E-state index contributed by atoms with van der Waals surface area (Å²) in [6, 6.07) is 5.90. The lowest BCUT2D eigenvalue weighted by atomic mass is 9.95. The van der Waals surface area contributed by atoms with E-state index in [1.54, 1.807) is 0 Å². The Morgan fingerprint density at radius 3 is 3.07 bits per heavy atom. The van der Waals surface area contributed by atoms with Crippen LogP contribution in [0.2, 0.25) is 0 Å². The average Bonchev–Trinajstić information content (AvgIpc) is 2.16. The number of hydrogen-bond donors (Lipinski definition) is 1. The van der Waals surface area contributed by atoms with Crippen molar-refractivity contribution in [1.82, 2.24) is 0 Å². The zero-order valence-corrected chi connectivity index (χ0v) is 8.08. The van der Waals surface area contributed by atoms with Crippen LogP contribution in [0.5, 0.6) is 5.75 Å². The fraction of sp³-hybridized carbons (Fsp3) is 0.364. The van der Waals surface area contributed by atoms with E-state index in [1.807, 2.05) is 19.1 Å². The van der Waals surface area contributed by atoms with Gasteiger partial charge in [0.05, 0.1) is 18.2 Å². The van der Waals surface area contributed by atoms with Crippen molar-refractivity contribution >= 4 is 0 Å². The predicted molar refractivity (Wildman–Crippen MR) is 52.9 cm³/mol. The first-order chi connectivity index (χ1) is 6.72. The quantitative estimate of drug-likeness (QED) is 0.673. The van der Waals surface area contributed by atoms with Gasteiger partial charge in [-0.05, 0) is 24.6 Å². The Morgan fingerprint density at radius 1 is 1.57 bits per heavy atom. The highest BCUT2D eigenvalue weighted by atomic mass is 16.5. The molecule has 1 aliphatic rings. The van der Waals surface area contributed by atoms with Gasteiger partial charge >= 0.3 is 0 Å². The lowest BCUT2D eigenvalue weighted by molar-refractivity contribution is 0.268. The first-order valence-corrected chi connectivity index (χ1v) is 4.65. The summed E-state index contributed by atoms with van der Waals surface area (Å²) in [5.41, 5.74) is 8.49. The number of fused-ring (bicyclic) bond motifs is 1. The summed E-state index contributed by atoms with van der Waals surface area (Å²) in [6.07, 6.45) is 0.782. The molecule has 0 aliphatic carbocycles. The van der Waals surface area contributed by atoms with Crippen LogP contribution < -0.4 is 10.5 Å². The number of hydrogen-bond acceptors (Lipinski definition) is 3. The molecule has 0 saturated heterocycles. The Kier molecular flexibility index (Phi) is 2.14. The van der Waals surface area contributed by atoms with E-state index in [2.05, 4.69) is 6.07 Å². The smallest absolute Gasteiger partial charge is 0.125 e. The molecule has 0 saturated carbocycles. The summed E-state index contributed by atoms with van der Waals surface area (Å²) < 4.78 is 5.49. The minimum atomic E-state index is -0.0611. The van der Waals surface area contributed by atoms with Gasteiger partial charge in [-0.15, -0.1) is 0 Å². The molecule has 2 rings (SSSR count). The van der Waals surface area contributed by atoms with Gasteiger partial charge in [-0.25, -0.2) is 0 Å². The van der Waals surface area contributed by atoms with Crippen molar-refractivity contribution in [2.45, 2.75) is 19.4 Å².